The molecule has 1 aromatic carbocycles. The first-order valence-electron chi connectivity index (χ1n) is 27.5. The highest BCUT2D eigenvalue weighted by Crippen LogP contribution is 2.44. The predicted octanol–water partition coefficient (Wildman–Crippen LogP) is 7.36. The van der Waals surface area contributed by atoms with Gasteiger partial charge in [0.15, 0.2) is 0 Å². The highest BCUT2D eigenvalue weighted by atomic mass is 28.4. The lowest BCUT2D eigenvalue weighted by atomic mass is 9.90. The van der Waals surface area contributed by atoms with Gasteiger partial charge in [-0.15, -0.1) is 0 Å². The number of fused-ring (bicyclic) bond motifs is 3. The second-order valence-electron chi connectivity index (χ2n) is 24.0. The SMILES string of the molecule is CC[C@H](C)[C@H]1NC(=O)[C@@H](NC(=O)OC(C)(C)C)[C@@H](C)OC(=O)[C@H]2Cc3ccc(OC)cc3CN2C(=O)[C@@H]2CCCN2C(=O)[C@H](CC(C)C)NC(=O)[C@@H](C)[C@H](O)[C@H](C(C)C)OC(=O)C[C@H]1O[Si](C(C)C)(C(C)C)C(C)C. The Hall–Kier alpha value is -4.75. The molecule has 0 saturated carbocycles. The zero-order valence-electron chi connectivity index (χ0n) is 48.4. The van der Waals surface area contributed by atoms with E-state index in [0.29, 0.717) is 18.6 Å². The third-order valence-corrected chi connectivity index (χ3v) is 21.7. The number of carbonyl (C=O) groups excluding carboxylic acids is 7. The molecule has 3 aliphatic heterocycles. The van der Waals surface area contributed by atoms with Crippen molar-refractivity contribution in [1.29, 1.82) is 0 Å². The molecule has 4 N–H and O–H groups in total. The minimum atomic E-state index is -2.87. The van der Waals surface area contributed by atoms with Gasteiger partial charge in [-0.05, 0) is 105 Å². The summed E-state index contributed by atoms with van der Waals surface area (Å²) in [5, 5.41) is 20.7. The summed E-state index contributed by atoms with van der Waals surface area (Å²) < 4.78 is 31.0. The Morgan fingerprint density at radius 1 is 0.840 bits per heavy atom. The van der Waals surface area contributed by atoms with Gasteiger partial charge in [0.05, 0.1) is 31.6 Å². The Labute approximate surface area is 448 Å². The second kappa shape index (κ2) is 26.5. The fraction of sp³-hybridized carbons (Fsp3) is 0.768. The first-order chi connectivity index (χ1) is 34.9. The summed E-state index contributed by atoms with van der Waals surface area (Å²) in [5.74, 6) is -5.48. The van der Waals surface area contributed by atoms with Crippen molar-refractivity contribution in [1.82, 2.24) is 25.8 Å². The molecular formula is C56H93N5O13Si. The van der Waals surface area contributed by atoms with Crippen molar-refractivity contribution in [3.05, 3.63) is 29.3 Å². The van der Waals surface area contributed by atoms with Gasteiger partial charge in [0, 0.05) is 19.5 Å². The van der Waals surface area contributed by atoms with Crippen LogP contribution in [0.2, 0.25) is 16.6 Å². The maximum atomic E-state index is 15.2. The standard InChI is InChI=1S/C56H93N5O13Si/c1-19-35(12)46-44(74-75(32(6)7,33(8)9)34(10)11)28-45(62)72-49(31(4)5)48(63)36(13)50(64)57-41(25-30(2)3)52(66)60-24-20-21-42(60)53(67)61-29-39-26-40(70-18)23-22-38(39)27-43(61)54(68)71-37(14)47(51(65)58-46)59-55(69)73-56(15,16)17/h22-23,26,30-37,41-44,46-49,63H,19-21,24-25,27-29H2,1-18H3,(H,57,64)(H,58,65)(H,59,69)/t35-,36-,37+,41-,42-,43+,44+,46+,47-,48-,49-/m0/s1. The average molecular weight is 1070 g/mol. The number of hydrogen-bond acceptors (Lipinski definition) is 13. The van der Waals surface area contributed by atoms with E-state index in [1.807, 2.05) is 33.8 Å². The van der Waals surface area contributed by atoms with Gasteiger partial charge in [-0.2, -0.15) is 0 Å². The number of rotatable bonds is 12. The molecule has 1 aromatic rings. The molecule has 0 aromatic heterocycles. The van der Waals surface area contributed by atoms with Crippen molar-refractivity contribution in [2.75, 3.05) is 13.7 Å². The smallest absolute Gasteiger partial charge is 0.408 e. The zero-order chi connectivity index (χ0) is 56.6. The van der Waals surface area contributed by atoms with Crippen molar-refractivity contribution < 1.29 is 62.0 Å². The van der Waals surface area contributed by atoms with Gasteiger partial charge in [-0.3, -0.25) is 24.0 Å². The van der Waals surface area contributed by atoms with Crippen LogP contribution in [-0.4, -0.2) is 139 Å². The molecule has 2 saturated heterocycles. The number of esters is 2. The molecule has 19 heteroatoms. The van der Waals surface area contributed by atoms with E-state index in [1.54, 1.807) is 46.8 Å². The Morgan fingerprint density at radius 2 is 1.47 bits per heavy atom. The summed E-state index contributed by atoms with van der Waals surface area (Å²) in [6.07, 6.45) is -4.86. The highest BCUT2D eigenvalue weighted by Gasteiger charge is 2.51. The first-order valence-corrected chi connectivity index (χ1v) is 29.6. The Balaban J connectivity index is 1.98. The maximum Gasteiger partial charge on any atom is 0.408 e. The number of carbonyl (C=O) groups is 7. The number of methoxy groups -OCH3 is 1. The van der Waals surface area contributed by atoms with Crippen LogP contribution in [0.5, 0.6) is 5.75 Å². The summed E-state index contributed by atoms with van der Waals surface area (Å²) in [6.45, 7) is 32.0. The van der Waals surface area contributed by atoms with Crippen molar-refractivity contribution in [2.24, 2.45) is 23.7 Å². The number of benzene rings is 1. The fourth-order valence-corrected chi connectivity index (χ4v) is 17.0. The maximum absolute atomic E-state index is 15.2. The van der Waals surface area contributed by atoms with Crippen molar-refractivity contribution in [2.45, 2.75) is 240 Å². The number of aliphatic hydroxyl groups excluding tert-OH is 1. The molecule has 0 spiro atoms. The minimum Gasteiger partial charge on any atom is -0.497 e. The second-order valence-corrected chi connectivity index (χ2v) is 29.4. The van der Waals surface area contributed by atoms with Crippen LogP contribution in [0.15, 0.2) is 18.2 Å². The molecule has 424 valence electrons. The summed E-state index contributed by atoms with van der Waals surface area (Å²) >= 11 is 0. The van der Waals surface area contributed by atoms with Gasteiger partial charge in [0.1, 0.15) is 53.8 Å². The number of aliphatic hydroxyl groups is 1. The van der Waals surface area contributed by atoms with E-state index in [0.717, 1.165) is 11.1 Å². The van der Waals surface area contributed by atoms with Gasteiger partial charge < -0.3 is 54.2 Å². The van der Waals surface area contributed by atoms with Crippen LogP contribution in [0.4, 0.5) is 4.79 Å². The fourth-order valence-electron chi connectivity index (χ4n) is 11.4. The number of nitrogens with zero attached hydrogens (tertiary/aromatic N) is 2. The molecule has 3 aliphatic rings. The molecule has 75 heavy (non-hydrogen) atoms. The van der Waals surface area contributed by atoms with Crippen LogP contribution in [0.1, 0.15) is 161 Å². The number of hydrogen-bond donors (Lipinski definition) is 4. The average Bonchev–Trinajstić information content (AvgIpc) is 3.82. The largest absolute Gasteiger partial charge is 0.497 e. The van der Waals surface area contributed by atoms with Crippen LogP contribution < -0.4 is 20.7 Å². The first kappa shape index (κ1) is 62.8. The van der Waals surface area contributed by atoms with Gasteiger partial charge in [-0.1, -0.05) is 102 Å². The third-order valence-electron chi connectivity index (χ3n) is 15.6. The Kier molecular flexibility index (Phi) is 22.2. The predicted molar refractivity (Wildman–Crippen MR) is 288 cm³/mol. The van der Waals surface area contributed by atoms with E-state index in [2.05, 4.69) is 57.5 Å². The van der Waals surface area contributed by atoms with Gasteiger partial charge in [0.2, 0.25) is 31.9 Å². The number of ether oxygens (including phenoxy) is 4. The zero-order valence-corrected chi connectivity index (χ0v) is 49.4. The van der Waals surface area contributed by atoms with E-state index < -0.39 is 122 Å². The summed E-state index contributed by atoms with van der Waals surface area (Å²) in [6, 6.07) is -0.401. The van der Waals surface area contributed by atoms with E-state index >= 15 is 9.59 Å². The van der Waals surface area contributed by atoms with Gasteiger partial charge in [0.25, 0.3) is 0 Å². The molecule has 11 atom stereocenters. The molecular weight excluding hydrogens is 979 g/mol. The molecule has 0 unspecified atom stereocenters. The molecule has 2 fully saturated rings. The lowest BCUT2D eigenvalue weighted by Crippen LogP contribution is -2.62. The number of cyclic esters (lactones) is 2. The third kappa shape index (κ3) is 15.5. The summed E-state index contributed by atoms with van der Waals surface area (Å²) in [4.78, 5) is 106. The number of alkyl carbamates (subject to hydrolysis) is 1. The molecule has 0 bridgehead atoms. The van der Waals surface area contributed by atoms with Crippen LogP contribution in [0.3, 0.4) is 0 Å². The van der Waals surface area contributed by atoms with E-state index in [-0.39, 0.29) is 67.2 Å². The quantitative estimate of drug-likeness (QED) is 0.0913. The Morgan fingerprint density at radius 3 is 2.01 bits per heavy atom. The molecule has 4 rings (SSSR count). The van der Waals surface area contributed by atoms with E-state index in [1.165, 1.54) is 30.8 Å². The van der Waals surface area contributed by atoms with Crippen LogP contribution in [0.25, 0.3) is 0 Å². The normalized spacial score (nSPS) is 27.8. The molecule has 3 heterocycles. The highest BCUT2D eigenvalue weighted by molar-refractivity contribution is 6.77. The molecule has 18 nitrogen and oxygen atoms in total. The lowest BCUT2D eigenvalue weighted by Gasteiger charge is -2.47. The van der Waals surface area contributed by atoms with Crippen LogP contribution in [0, 0.1) is 23.7 Å². The van der Waals surface area contributed by atoms with Gasteiger partial charge in [-0.25, -0.2) is 9.59 Å². The van der Waals surface area contributed by atoms with Crippen LogP contribution >= 0.6 is 0 Å². The van der Waals surface area contributed by atoms with E-state index in [9.17, 15) is 29.1 Å². The van der Waals surface area contributed by atoms with Gasteiger partial charge >= 0.3 is 18.0 Å². The summed E-state index contributed by atoms with van der Waals surface area (Å²) in [5.41, 5.74) is 0.654. The topological polar surface area (TPSA) is 228 Å². The van der Waals surface area contributed by atoms with E-state index in [4.69, 9.17) is 23.4 Å². The number of amides is 5. The minimum absolute atomic E-state index is 0.0235. The monoisotopic (exact) mass is 1070 g/mol. The lowest BCUT2D eigenvalue weighted by molar-refractivity contribution is -0.166. The molecule has 0 aliphatic carbocycles. The van der Waals surface area contributed by atoms with Crippen molar-refractivity contribution in [3.8, 4) is 5.75 Å². The van der Waals surface area contributed by atoms with Crippen LogP contribution in [-0.2, 0) is 60.4 Å². The Bertz CT molecular complexity index is 2140. The molecule has 5 amide bonds. The number of nitrogens with one attached hydrogen (secondary N) is 3. The molecule has 0 radical (unpaired) electrons. The van der Waals surface area contributed by atoms with Crippen molar-refractivity contribution >= 4 is 50.0 Å². The summed E-state index contributed by atoms with van der Waals surface area (Å²) in [7, 11) is -1.34. The van der Waals surface area contributed by atoms with Crippen molar-refractivity contribution in [3.63, 3.8) is 0 Å².